The first-order valence-corrected chi connectivity index (χ1v) is 7.55. The van der Waals surface area contributed by atoms with E-state index in [1.807, 2.05) is 30.3 Å². The van der Waals surface area contributed by atoms with Crippen molar-refractivity contribution in [2.75, 3.05) is 13.1 Å². The summed E-state index contributed by atoms with van der Waals surface area (Å²) in [7, 11) is 0. The summed E-state index contributed by atoms with van der Waals surface area (Å²) < 4.78 is 0. The number of amides is 2. The molecule has 22 heavy (non-hydrogen) atoms. The van der Waals surface area contributed by atoms with E-state index in [-0.39, 0.29) is 17.7 Å². The van der Waals surface area contributed by atoms with Crippen molar-refractivity contribution in [3.05, 3.63) is 42.1 Å². The minimum absolute atomic E-state index is 0.0316. The van der Waals surface area contributed by atoms with Gasteiger partial charge in [-0.1, -0.05) is 24.3 Å². The molecule has 5 nitrogen and oxygen atoms in total. The number of nitrogens with zero attached hydrogens (tertiary/aromatic N) is 2. The molecule has 1 fully saturated rings. The molecule has 0 unspecified atom stereocenters. The average molecular weight is 297 g/mol. The van der Waals surface area contributed by atoms with Crippen LogP contribution in [-0.2, 0) is 16.0 Å². The summed E-state index contributed by atoms with van der Waals surface area (Å²) in [6.45, 7) is 1.13. The molecule has 0 spiro atoms. The van der Waals surface area contributed by atoms with Crippen molar-refractivity contribution >= 4 is 22.7 Å². The van der Waals surface area contributed by atoms with E-state index in [0.29, 0.717) is 19.5 Å². The number of para-hydroxylation sites is 1. The lowest BCUT2D eigenvalue weighted by molar-refractivity contribution is -0.134. The number of rotatable bonds is 3. The highest BCUT2D eigenvalue weighted by Gasteiger charge is 2.27. The number of fused-ring (bicyclic) bond motifs is 1. The Morgan fingerprint density at radius 3 is 2.91 bits per heavy atom. The van der Waals surface area contributed by atoms with E-state index in [0.717, 1.165) is 29.3 Å². The third-order valence-corrected chi connectivity index (χ3v) is 4.23. The second kappa shape index (κ2) is 6.13. The number of aromatic nitrogens is 1. The summed E-state index contributed by atoms with van der Waals surface area (Å²) in [5.41, 5.74) is 7.15. The van der Waals surface area contributed by atoms with Gasteiger partial charge in [-0.05, 0) is 24.5 Å². The molecule has 1 aromatic heterocycles. The highest BCUT2D eigenvalue weighted by Crippen LogP contribution is 2.20. The van der Waals surface area contributed by atoms with Crippen molar-refractivity contribution in [1.29, 1.82) is 0 Å². The molecule has 5 heteroatoms. The van der Waals surface area contributed by atoms with Crippen molar-refractivity contribution < 1.29 is 9.59 Å². The number of piperidine rings is 1. The predicted molar refractivity (Wildman–Crippen MR) is 83.9 cm³/mol. The number of likely N-dealkylation sites (tertiary alicyclic amines) is 1. The van der Waals surface area contributed by atoms with Crippen molar-refractivity contribution in [1.82, 2.24) is 9.88 Å². The topological polar surface area (TPSA) is 76.3 Å². The second-order valence-corrected chi connectivity index (χ2v) is 5.75. The zero-order chi connectivity index (χ0) is 15.5. The van der Waals surface area contributed by atoms with Gasteiger partial charge in [-0.2, -0.15) is 0 Å². The number of carbonyl (C=O) groups excluding carboxylic acids is 2. The third kappa shape index (κ3) is 2.93. The number of benzene rings is 1. The molecule has 0 saturated carbocycles. The van der Waals surface area contributed by atoms with Crippen LogP contribution in [0.15, 0.2) is 36.5 Å². The molecule has 2 aromatic rings. The van der Waals surface area contributed by atoms with Crippen LogP contribution < -0.4 is 5.73 Å². The molecule has 3 rings (SSSR count). The number of primary amides is 1. The third-order valence-electron chi connectivity index (χ3n) is 4.23. The van der Waals surface area contributed by atoms with Gasteiger partial charge < -0.3 is 10.6 Å². The van der Waals surface area contributed by atoms with Crippen LogP contribution in [0.1, 0.15) is 18.4 Å². The Morgan fingerprint density at radius 1 is 1.27 bits per heavy atom. The molecule has 1 aliphatic heterocycles. The fourth-order valence-electron chi connectivity index (χ4n) is 3.02. The number of pyridine rings is 1. The second-order valence-electron chi connectivity index (χ2n) is 5.75. The van der Waals surface area contributed by atoms with Gasteiger partial charge in [0.15, 0.2) is 0 Å². The van der Waals surface area contributed by atoms with Crippen LogP contribution in [0, 0.1) is 5.92 Å². The fraction of sp³-hybridized carbons (Fsp3) is 0.353. The standard InChI is InChI=1S/C17H19N3O2/c18-17(22)14-7-3-9-20(11-14)15(21)10-13-5-1-4-12-6-2-8-19-16(12)13/h1-2,4-6,8,14H,3,7,9-11H2,(H2,18,22)/t14-/m1/s1. The van der Waals surface area contributed by atoms with E-state index in [1.165, 1.54) is 0 Å². The molecule has 0 radical (unpaired) electrons. The molecule has 1 atom stereocenters. The van der Waals surface area contributed by atoms with E-state index in [9.17, 15) is 9.59 Å². The SMILES string of the molecule is NC(=O)[C@@H]1CCCN(C(=O)Cc2cccc3cccnc23)C1. The summed E-state index contributed by atoms with van der Waals surface area (Å²) in [6, 6.07) is 9.73. The first-order chi connectivity index (χ1) is 10.6. The molecule has 2 heterocycles. The Morgan fingerprint density at radius 2 is 2.09 bits per heavy atom. The fourth-order valence-corrected chi connectivity index (χ4v) is 3.02. The van der Waals surface area contributed by atoms with Crippen LogP contribution in [0.5, 0.6) is 0 Å². The molecular weight excluding hydrogens is 278 g/mol. The van der Waals surface area contributed by atoms with Gasteiger partial charge in [0, 0.05) is 24.7 Å². The van der Waals surface area contributed by atoms with E-state index in [1.54, 1.807) is 11.1 Å². The van der Waals surface area contributed by atoms with Gasteiger partial charge in [-0.25, -0.2) is 0 Å². The maximum absolute atomic E-state index is 12.5. The van der Waals surface area contributed by atoms with Crippen LogP contribution >= 0.6 is 0 Å². The first kappa shape index (κ1) is 14.5. The highest BCUT2D eigenvalue weighted by molar-refractivity contribution is 5.88. The van der Waals surface area contributed by atoms with Crippen molar-refractivity contribution in [3.8, 4) is 0 Å². The maximum Gasteiger partial charge on any atom is 0.227 e. The lowest BCUT2D eigenvalue weighted by Gasteiger charge is -2.31. The molecule has 0 aliphatic carbocycles. The van der Waals surface area contributed by atoms with E-state index >= 15 is 0 Å². The van der Waals surface area contributed by atoms with Gasteiger partial charge in [-0.15, -0.1) is 0 Å². The normalized spacial score (nSPS) is 18.4. The summed E-state index contributed by atoms with van der Waals surface area (Å²) in [6.07, 6.45) is 3.64. The van der Waals surface area contributed by atoms with E-state index in [4.69, 9.17) is 5.73 Å². The van der Waals surface area contributed by atoms with Crippen LogP contribution in [0.4, 0.5) is 0 Å². The summed E-state index contributed by atoms with van der Waals surface area (Å²) in [5.74, 6) is -0.503. The molecule has 2 amide bonds. The molecule has 2 N–H and O–H groups in total. The number of nitrogens with two attached hydrogens (primary N) is 1. The zero-order valence-electron chi connectivity index (χ0n) is 12.4. The average Bonchev–Trinajstić information content (AvgIpc) is 2.55. The number of carbonyl (C=O) groups is 2. The van der Waals surface area contributed by atoms with Gasteiger partial charge in [0.05, 0.1) is 17.9 Å². The van der Waals surface area contributed by atoms with E-state index < -0.39 is 0 Å². The van der Waals surface area contributed by atoms with Gasteiger partial charge in [0.1, 0.15) is 0 Å². The summed E-state index contributed by atoms with van der Waals surface area (Å²) in [5, 5.41) is 1.03. The van der Waals surface area contributed by atoms with Crippen LogP contribution in [-0.4, -0.2) is 34.8 Å². The highest BCUT2D eigenvalue weighted by atomic mass is 16.2. The monoisotopic (exact) mass is 297 g/mol. The van der Waals surface area contributed by atoms with Gasteiger partial charge in [0.25, 0.3) is 0 Å². The molecular formula is C17H19N3O2. The van der Waals surface area contributed by atoms with Crippen molar-refractivity contribution in [3.63, 3.8) is 0 Å². The Hall–Kier alpha value is -2.43. The summed E-state index contributed by atoms with van der Waals surface area (Å²) >= 11 is 0. The number of hydrogen-bond donors (Lipinski definition) is 1. The van der Waals surface area contributed by atoms with Gasteiger partial charge in [0.2, 0.25) is 11.8 Å². The lowest BCUT2D eigenvalue weighted by Crippen LogP contribution is -2.44. The van der Waals surface area contributed by atoms with Crippen molar-refractivity contribution in [2.45, 2.75) is 19.3 Å². The lowest BCUT2D eigenvalue weighted by atomic mass is 9.96. The maximum atomic E-state index is 12.5. The van der Waals surface area contributed by atoms with Crippen molar-refractivity contribution in [2.24, 2.45) is 11.7 Å². The number of hydrogen-bond acceptors (Lipinski definition) is 3. The molecule has 1 aliphatic rings. The Labute approximate surface area is 129 Å². The molecule has 114 valence electrons. The quantitative estimate of drug-likeness (QED) is 0.932. The zero-order valence-corrected chi connectivity index (χ0v) is 12.4. The molecule has 1 saturated heterocycles. The van der Waals surface area contributed by atoms with E-state index in [2.05, 4.69) is 4.98 Å². The van der Waals surface area contributed by atoms with Gasteiger partial charge >= 0.3 is 0 Å². The molecule has 1 aromatic carbocycles. The van der Waals surface area contributed by atoms with Crippen LogP contribution in [0.2, 0.25) is 0 Å². The Balaban J connectivity index is 1.77. The Bertz CT molecular complexity index is 709. The minimum Gasteiger partial charge on any atom is -0.369 e. The van der Waals surface area contributed by atoms with Crippen LogP contribution in [0.3, 0.4) is 0 Å². The molecule has 0 bridgehead atoms. The van der Waals surface area contributed by atoms with Crippen LogP contribution in [0.25, 0.3) is 10.9 Å². The smallest absolute Gasteiger partial charge is 0.227 e. The Kier molecular flexibility index (Phi) is 4.04. The first-order valence-electron chi connectivity index (χ1n) is 7.55. The minimum atomic E-state index is -0.315. The van der Waals surface area contributed by atoms with Gasteiger partial charge in [-0.3, -0.25) is 14.6 Å². The summed E-state index contributed by atoms with van der Waals surface area (Å²) in [4.78, 5) is 30.0. The largest absolute Gasteiger partial charge is 0.369 e. The predicted octanol–water partition coefficient (Wildman–Crippen LogP) is 1.50.